The van der Waals surface area contributed by atoms with Gasteiger partial charge in [0, 0.05) is 0 Å². The summed E-state index contributed by atoms with van der Waals surface area (Å²) >= 11 is 0. The second kappa shape index (κ2) is 20.3. The molecule has 0 saturated heterocycles. The highest BCUT2D eigenvalue weighted by atomic mass is 14.1. The maximum atomic E-state index is 2.40. The lowest BCUT2D eigenvalue weighted by Gasteiger charge is -2.07. The maximum Gasteiger partial charge on any atom is -0.0445 e. The van der Waals surface area contributed by atoms with Crippen LogP contribution in [0.5, 0.6) is 0 Å². The summed E-state index contributed by atoms with van der Waals surface area (Å²) < 4.78 is 0. The van der Waals surface area contributed by atoms with Gasteiger partial charge in [0.2, 0.25) is 0 Å². The predicted octanol–water partition coefficient (Wildman–Crippen LogP) is 9.71. The van der Waals surface area contributed by atoms with Crippen molar-refractivity contribution in [2.24, 2.45) is 11.8 Å². The first kappa shape index (κ1) is 25.0. The SMILES string of the molecule is CCC(C)CCCCCCCCCCCCCCCCCC(C)CC. The second-order valence-corrected chi connectivity index (χ2v) is 8.91. The molecular weight excluding hydrogens is 300 g/mol. The number of unbranched alkanes of at least 4 members (excludes halogenated alkanes) is 14. The topological polar surface area (TPSA) is 0 Å². The predicted molar refractivity (Wildman–Crippen MR) is 117 cm³/mol. The van der Waals surface area contributed by atoms with E-state index in [2.05, 4.69) is 27.7 Å². The van der Waals surface area contributed by atoms with Crippen LogP contribution in [0.4, 0.5) is 0 Å². The molecule has 0 radical (unpaired) electrons. The fourth-order valence-electron chi connectivity index (χ4n) is 3.69. The molecule has 0 rings (SSSR count). The van der Waals surface area contributed by atoms with Crippen LogP contribution in [0, 0.1) is 11.8 Å². The second-order valence-electron chi connectivity index (χ2n) is 8.91. The summed E-state index contributed by atoms with van der Waals surface area (Å²) in [7, 11) is 0. The molecule has 0 aliphatic carbocycles. The van der Waals surface area contributed by atoms with Crippen molar-refractivity contribution in [3.63, 3.8) is 0 Å². The normalized spacial score (nSPS) is 13.9. The zero-order chi connectivity index (χ0) is 18.6. The Morgan fingerprint density at radius 3 is 0.760 bits per heavy atom. The molecule has 0 amide bonds. The molecule has 0 aliphatic heterocycles. The van der Waals surface area contributed by atoms with Gasteiger partial charge in [0.1, 0.15) is 0 Å². The summed E-state index contributed by atoms with van der Waals surface area (Å²) in [5.41, 5.74) is 0. The van der Waals surface area contributed by atoms with Gasteiger partial charge in [0.05, 0.1) is 0 Å². The highest BCUT2D eigenvalue weighted by molar-refractivity contribution is 4.54. The van der Waals surface area contributed by atoms with Crippen LogP contribution >= 0.6 is 0 Å². The largest absolute Gasteiger partial charge is 0.0651 e. The number of hydrogen-bond donors (Lipinski definition) is 0. The highest BCUT2D eigenvalue weighted by Crippen LogP contribution is 2.17. The molecule has 2 atom stereocenters. The van der Waals surface area contributed by atoms with Crippen molar-refractivity contribution in [2.45, 2.75) is 150 Å². The van der Waals surface area contributed by atoms with Gasteiger partial charge >= 0.3 is 0 Å². The third-order valence-electron chi connectivity index (χ3n) is 6.29. The molecule has 0 fully saturated rings. The smallest absolute Gasteiger partial charge is 0.0445 e. The molecule has 0 spiro atoms. The number of hydrogen-bond acceptors (Lipinski definition) is 0. The van der Waals surface area contributed by atoms with Crippen LogP contribution in [0.1, 0.15) is 150 Å². The first-order valence-corrected chi connectivity index (χ1v) is 12.2. The van der Waals surface area contributed by atoms with E-state index in [4.69, 9.17) is 0 Å². The zero-order valence-corrected chi connectivity index (χ0v) is 18.6. The molecule has 0 aromatic carbocycles. The third kappa shape index (κ3) is 20.2. The average Bonchev–Trinajstić information content (AvgIpc) is 2.63. The van der Waals surface area contributed by atoms with Crippen molar-refractivity contribution in [1.29, 1.82) is 0 Å². The summed E-state index contributed by atoms with van der Waals surface area (Å²) in [6.07, 6.45) is 27.8. The van der Waals surface area contributed by atoms with Gasteiger partial charge in [-0.05, 0) is 11.8 Å². The Morgan fingerprint density at radius 2 is 0.560 bits per heavy atom. The van der Waals surface area contributed by atoms with Crippen molar-refractivity contribution in [2.75, 3.05) is 0 Å². The van der Waals surface area contributed by atoms with E-state index in [-0.39, 0.29) is 0 Å². The van der Waals surface area contributed by atoms with Crippen LogP contribution < -0.4 is 0 Å². The van der Waals surface area contributed by atoms with E-state index in [0.717, 1.165) is 11.8 Å². The first-order chi connectivity index (χ1) is 12.2. The monoisotopic (exact) mass is 352 g/mol. The molecule has 2 unspecified atom stereocenters. The van der Waals surface area contributed by atoms with E-state index < -0.39 is 0 Å². The van der Waals surface area contributed by atoms with E-state index in [0.29, 0.717) is 0 Å². The van der Waals surface area contributed by atoms with E-state index in [1.54, 1.807) is 0 Å². The van der Waals surface area contributed by atoms with Crippen LogP contribution in [-0.2, 0) is 0 Å². The van der Waals surface area contributed by atoms with Crippen molar-refractivity contribution in [3.8, 4) is 0 Å². The van der Waals surface area contributed by atoms with Crippen LogP contribution in [-0.4, -0.2) is 0 Å². The molecule has 0 saturated carbocycles. The molecule has 0 heterocycles. The summed E-state index contributed by atoms with van der Waals surface area (Å²) in [6, 6.07) is 0. The lowest BCUT2D eigenvalue weighted by molar-refractivity contribution is 0.465. The van der Waals surface area contributed by atoms with Crippen LogP contribution in [0.2, 0.25) is 0 Å². The van der Waals surface area contributed by atoms with Gasteiger partial charge in [-0.1, -0.05) is 150 Å². The van der Waals surface area contributed by atoms with Crippen molar-refractivity contribution in [3.05, 3.63) is 0 Å². The lowest BCUT2D eigenvalue weighted by Crippen LogP contribution is -1.91. The molecule has 0 aliphatic rings. The first-order valence-electron chi connectivity index (χ1n) is 12.2. The molecule has 0 N–H and O–H groups in total. The molecule has 0 bridgehead atoms. The van der Waals surface area contributed by atoms with Crippen LogP contribution in [0.15, 0.2) is 0 Å². The standard InChI is InChI=1S/C25H52/c1-5-24(3)22-20-18-16-14-12-10-8-7-9-11-13-15-17-19-21-23-25(4)6-2/h24-25H,5-23H2,1-4H3. The van der Waals surface area contributed by atoms with Gasteiger partial charge in [0.25, 0.3) is 0 Å². The van der Waals surface area contributed by atoms with Gasteiger partial charge in [-0.3, -0.25) is 0 Å². The molecule has 25 heavy (non-hydrogen) atoms. The van der Waals surface area contributed by atoms with Crippen LogP contribution in [0.25, 0.3) is 0 Å². The van der Waals surface area contributed by atoms with Gasteiger partial charge in [-0.15, -0.1) is 0 Å². The van der Waals surface area contributed by atoms with Gasteiger partial charge in [-0.2, -0.15) is 0 Å². The molecule has 0 aromatic heterocycles. The van der Waals surface area contributed by atoms with E-state index in [9.17, 15) is 0 Å². The minimum absolute atomic E-state index is 0.949. The fourth-order valence-corrected chi connectivity index (χ4v) is 3.69. The minimum Gasteiger partial charge on any atom is -0.0651 e. The van der Waals surface area contributed by atoms with Crippen molar-refractivity contribution in [1.82, 2.24) is 0 Å². The summed E-state index contributed by atoms with van der Waals surface area (Å²) in [6.45, 7) is 9.43. The van der Waals surface area contributed by atoms with Gasteiger partial charge in [-0.25, -0.2) is 0 Å². The Balaban J connectivity index is 3.03. The Kier molecular flexibility index (Phi) is 20.3. The number of rotatable bonds is 20. The molecule has 0 aromatic rings. The summed E-state index contributed by atoms with van der Waals surface area (Å²) in [5, 5.41) is 0. The molecule has 152 valence electrons. The quantitative estimate of drug-likeness (QED) is 0.191. The Hall–Kier alpha value is 0. The van der Waals surface area contributed by atoms with Gasteiger partial charge in [0.15, 0.2) is 0 Å². The van der Waals surface area contributed by atoms with Crippen molar-refractivity contribution < 1.29 is 0 Å². The molecule has 0 nitrogen and oxygen atoms in total. The van der Waals surface area contributed by atoms with E-state index in [1.165, 1.54) is 122 Å². The lowest BCUT2D eigenvalue weighted by atomic mass is 9.99. The molecule has 0 heteroatoms. The Morgan fingerprint density at radius 1 is 0.360 bits per heavy atom. The maximum absolute atomic E-state index is 2.40. The summed E-state index contributed by atoms with van der Waals surface area (Å²) in [4.78, 5) is 0. The fraction of sp³-hybridized carbons (Fsp3) is 1.00. The van der Waals surface area contributed by atoms with E-state index in [1.807, 2.05) is 0 Å². The Bertz CT molecular complexity index is 208. The van der Waals surface area contributed by atoms with Crippen LogP contribution in [0.3, 0.4) is 0 Å². The Labute approximate surface area is 161 Å². The van der Waals surface area contributed by atoms with E-state index >= 15 is 0 Å². The van der Waals surface area contributed by atoms with Crippen molar-refractivity contribution >= 4 is 0 Å². The molecular formula is C25H52. The van der Waals surface area contributed by atoms with Gasteiger partial charge < -0.3 is 0 Å². The minimum atomic E-state index is 0.949. The highest BCUT2D eigenvalue weighted by Gasteiger charge is 1.99. The average molecular weight is 353 g/mol. The third-order valence-corrected chi connectivity index (χ3v) is 6.29. The zero-order valence-electron chi connectivity index (χ0n) is 18.6. The summed E-state index contributed by atoms with van der Waals surface area (Å²) in [5.74, 6) is 1.90.